The number of piperidine rings is 1. The van der Waals surface area contributed by atoms with Gasteiger partial charge in [-0.05, 0) is 45.6 Å². The molecule has 2 aromatic heterocycles. The lowest BCUT2D eigenvalue weighted by atomic mass is 10.1. The molecule has 4 heteroatoms. The maximum Gasteiger partial charge on any atom is 0.142 e. The van der Waals surface area contributed by atoms with Crippen LogP contribution in [0.2, 0.25) is 0 Å². The lowest BCUT2D eigenvalue weighted by Gasteiger charge is -2.29. The zero-order valence-corrected chi connectivity index (χ0v) is 14.6. The van der Waals surface area contributed by atoms with Gasteiger partial charge in [-0.2, -0.15) is 0 Å². The molecule has 1 saturated heterocycles. The van der Waals surface area contributed by atoms with E-state index >= 15 is 0 Å². The fraction of sp³-hybridized carbons (Fsp3) is 0.611. The molecule has 0 spiro atoms. The number of anilines is 1. The Bertz CT molecular complexity index is 625. The number of rotatable bonds is 2. The minimum atomic E-state index is 0.853. The molecular weight excluding hydrogens is 272 g/mol. The van der Waals surface area contributed by atoms with Crippen molar-refractivity contribution in [1.82, 2.24) is 15.0 Å². The first-order chi connectivity index (χ1) is 10.7. The van der Waals surface area contributed by atoms with Crippen LogP contribution in [0.3, 0.4) is 0 Å². The van der Waals surface area contributed by atoms with Gasteiger partial charge in [-0.3, -0.25) is 4.98 Å². The largest absolute Gasteiger partial charge is 0.356 e. The molecule has 0 aliphatic carbocycles. The fourth-order valence-corrected chi connectivity index (χ4v) is 3.05. The highest BCUT2D eigenvalue weighted by molar-refractivity contribution is 5.92. The van der Waals surface area contributed by atoms with E-state index in [-0.39, 0.29) is 0 Å². The third-order valence-corrected chi connectivity index (χ3v) is 3.97. The molecule has 22 heavy (non-hydrogen) atoms. The molecule has 4 nitrogen and oxygen atoms in total. The molecule has 0 atom stereocenters. The second kappa shape index (κ2) is 7.52. The van der Waals surface area contributed by atoms with Crippen molar-refractivity contribution in [3.05, 3.63) is 23.3 Å². The van der Waals surface area contributed by atoms with Gasteiger partial charge in [-0.1, -0.05) is 20.8 Å². The molecule has 0 aromatic carbocycles. The Hall–Kier alpha value is -1.71. The van der Waals surface area contributed by atoms with Crippen molar-refractivity contribution in [2.75, 3.05) is 18.0 Å². The van der Waals surface area contributed by atoms with Gasteiger partial charge >= 0.3 is 0 Å². The number of pyridine rings is 1. The van der Waals surface area contributed by atoms with Crippen LogP contribution in [0.25, 0.3) is 10.9 Å². The summed E-state index contributed by atoms with van der Waals surface area (Å²) in [5.74, 6) is 1.95. The van der Waals surface area contributed by atoms with Crippen LogP contribution in [0.4, 0.5) is 5.82 Å². The van der Waals surface area contributed by atoms with Crippen LogP contribution in [0.1, 0.15) is 57.2 Å². The minimum Gasteiger partial charge on any atom is -0.356 e. The van der Waals surface area contributed by atoms with Crippen molar-refractivity contribution in [3.8, 4) is 0 Å². The van der Waals surface area contributed by atoms with Crippen LogP contribution in [-0.4, -0.2) is 28.0 Å². The minimum absolute atomic E-state index is 0.853. The van der Waals surface area contributed by atoms with E-state index in [2.05, 4.69) is 22.9 Å². The Morgan fingerprint density at radius 3 is 2.32 bits per heavy atom. The Morgan fingerprint density at radius 2 is 1.68 bits per heavy atom. The van der Waals surface area contributed by atoms with Crippen LogP contribution >= 0.6 is 0 Å². The number of aromatic nitrogens is 3. The fourth-order valence-electron chi connectivity index (χ4n) is 3.05. The first-order valence-electron chi connectivity index (χ1n) is 8.59. The monoisotopic (exact) mass is 300 g/mol. The molecule has 1 fully saturated rings. The van der Waals surface area contributed by atoms with Crippen LogP contribution in [-0.2, 0) is 6.42 Å². The van der Waals surface area contributed by atoms with E-state index in [1.807, 2.05) is 27.7 Å². The van der Waals surface area contributed by atoms with E-state index in [0.717, 1.165) is 53.4 Å². The van der Waals surface area contributed by atoms with Gasteiger partial charge in [0.15, 0.2) is 0 Å². The molecular formula is C18H28N4. The summed E-state index contributed by atoms with van der Waals surface area (Å²) in [6, 6.07) is 2.08. The number of nitrogens with zero attached hydrogens (tertiary/aromatic N) is 4. The SMILES string of the molecule is CC.CCc1nc(C)cc2nc(C)nc(N3CCCCC3)c12. The molecule has 0 N–H and O–H groups in total. The summed E-state index contributed by atoms with van der Waals surface area (Å²) in [7, 11) is 0. The molecule has 0 amide bonds. The molecule has 1 aliphatic heterocycles. The topological polar surface area (TPSA) is 41.9 Å². The third kappa shape index (κ3) is 3.37. The van der Waals surface area contributed by atoms with Crippen molar-refractivity contribution in [1.29, 1.82) is 0 Å². The van der Waals surface area contributed by atoms with Crippen LogP contribution < -0.4 is 4.90 Å². The average molecular weight is 300 g/mol. The highest BCUT2D eigenvalue weighted by Crippen LogP contribution is 2.29. The first-order valence-corrected chi connectivity index (χ1v) is 8.59. The standard InChI is InChI=1S/C16H22N4.C2H6/c1-4-13-15-14(10-11(2)17-13)18-12(3)19-16(15)20-8-6-5-7-9-20;1-2/h10H,4-9H2,1-3H3;1-2H3. The zero-order chi connectivity index (χ0) is 16.1. The molecule has 3 rings (SSSR count). The summed E-state index contributed by atoms with van der Waals surface area (Å²) in [6.07, 6.45) is 4.76. The van der Waals surface area contributed by atoms with Crippen molar-refractivity contribution in [2.45, 2.75) is 60.3 Å². The molecule has 0 bridgehead atoms. The van der Waals surface area contributed by atoms with Crippen molar-refractivity contribution < 1.29 is 0 Å². The molecule has 120 valence electrons. The summed E-state index contributed by atoms with van der Waals surface area (Å²) in [6.45, 7) is 12.4. The lowest BCUT2D eigenvalue weighted by Crippen LogP contribution is -2.30. The van der Waals surface area contributed by atoms with Crippen molar-refractivity contribution >= 4 is 16.7 Å². The van der Waals surface area contributed by atoms with E-state index in [4.69, 9.17) is 9.97 Å². The van der Waals surface area contributed by atoms with E-state index in [1.165, 1.54) is 19.3 Å². The van der Waals surface area contributed by atoms with Crippen LogP contribution in [0, 0.1) is 13.8 Å². The van der Waals surface area contributed by atoms with E-state index in [0.29, 0.717) is 0 Å². The van der Waals surface area contributed by atoms with E-state index in [9.17, 15) is 0 Å². The van der Waals surface area contributed by atoms with E-state index in [1.54, 1.807) is 0 Å². The second-order valence-corrected chi connectivity index (χ2v) is 5.60. The summed E-state index contributed by atoms with van der Waals surface area (Å²) < 4.78 is 0. The van der Waals surface area contributed by atoms with Gasteiger partial charge in [0.1, 0.15) is 11.6 Å². The van der Waals surface area contributed by atoms with Gasteiger partial charge in [-0.25, -0.2) is 9.97 Å². The van der Waals surface area contributed by atoms with Gasteiger partial charge in [0, 0.05) is 18.8 Å². The molecule has 3 heterocycles. The first kappa shape index (κ1) is 16.7. The summed E-state index contributed by atoms with van der Waals surface area (Å²) in [5, 5.41) is 1.16. The van der Waals surface area contributed by atoms with Gasteiger partial charge in [0.05, 0.1) is 16.6 Å². The Balaban J connectivity index is 0.000000847. The van der Waals surface area contributed by atoms with Crippen molar-refractivity contribution in [3.63, 3.8) is 0 Å². The zero-order valence-electron chi connectivity index (χ0n) is 14.6. The number of hydrogen-bond acceptors (Lipinski definition) is 4. The van der Waals surface area contributed by atoms with E-state index < -0.39 is 0 Å². The molecule has 0 radical (unpaired) electrons. The maximum atomic E-state index is 4.74. The smallest absolute Gasteiger partial charge is 0.142 e. The predicted molar refractivity (Wildman–Crippen MR) is 93.6 cm³/mol. The van der Waals surface area contributed by atoms with Crippen LogP contribution in [0.15, 0.2) is 6.07 Å². The van der Waals surface area contributed by atoms with Gasteiger partial charge in [0.2, 0.25) is 0 Å². The second-order valence-electron chi connectivity index (χ2n) is 5.60. The molecule has 0 unspecified atom stereocenters. The average Bonchev–Trinajstić information content (AvgIpc) is 2.55. The van der Waals surface area contributed by atoms with Crippen molar-refractivity contribution in [2.24, 2.45) is 0 Å². The summed E-state index contributed by atoms with van der Waals surface area (Å²) in [5.41, 5.74) is 3.21. The quantitative estimate of drug-likeness (QED) is 0.832. The summed E-state index contributed by atoms with van der Waals surface area (Å²) >= 11 is 0. The highest BCUT2D eigenvalue weighted by atomic mass is 15.2. The Morgan fingerprint density at radius 1 is 1.00 bits per heavy atom. The highest BCUT2D eigenvalue weighted by Gasteiger charge is 2.19. The number of hydrogen-bond donors (Lipinski definition) is 0. The van der Waals surface area contributed by atoms with Gasteiger partial charge in [0.25, 0.3) is 0 Å². The normalized spacial score (nSPS) is 14.7. The molecule has 0 saturated carbocycles. The summed E-state index contributed by atoms with van der Waals surface area (Å²) in [4.78, 5) is 16.5. The third-order valence-electron chi connectivity index (χ3n) is 3.97. The maximum absolute atomic E-state index is 4.74. The van der Waals surface area contributed by atoms with Gasteiger partial charge < -0.3 is 4.90 Å². The lowest BCUT2D eigenvalue weighted by molar-refractivity contribution is 0.574. The Labute approximate surface area is 134 Å². The van der Waals surface area contributed by atoms with Gasteiger partial charge in [-0.15, -0.1) is 0 Å². The molecule has 2 aromatic rings. The number of fused-ring (bicyclic) bond motifs is 1. The van der Waals surface area contributed by atoms with Crippen LogP contribution in [0.5, 0.6) is 0 Å². The molecule has 1 aliphatic rings. The predicted octanol–water partition coefficient (Wildman–Crippen LogP) is 4.22. The number of aryl methyl sites for hydroxylation is 3. The Kier molecular flexibility index (Phi) is 5.69.